The summed E-state index contributed by atoms with van der Waals surface area (Å²) in [6.07, 6.45) is 0.395. The molecule has 2 atom stereocenters. The van der Waals surface area contributed by atoms with Crippen LogP contribution in [0.1, 0.15) is 35.1 Å². The second-order valence-corrected chi connectivity index (χ2v) is 12.7. The smallest absolute Gasteiger partial charge is 0.419 e. The van der Waals surface area contributed by atoms with Crippen molar-refractivity contribution in [2.24, 2.45) is 0 Å². The van der Waals surface area contributed by atoms with Gasteiger partial charge in [0, 0.05) is 34.7 Å². The summed E-state index contributed by atoms with van der Waals surface area (Å²) in [5.74, 6) is -0.875. The minimum absolute atomic E-state index is 0.181. The van der Waals surface area contributed by atoms with Gasteiger partial charge in [0.15, 0.2) is 11.4 Å². The predicted octanol–water partition coefficient (Wildman–Crippen LogP) is 8.08. The Morgan fingerprint density at radius 1 is 0.481 bits per heavy atom. The largest absolute Gasteiger partial charge is 0.493 e. The van der Waals surface area contributed by atoms with Gasteiger partial charge in [-0.3, -0.25) is 10.6 Å². The molecule has 0 bridgehead atoms. The quantitative estimate of drug-likeness (QED) is 0.0671. The van der Waals surface area contributed by atoms with Crippen LogP contribution in [0.3, 0.4) is 0 Å². The average molecular weight is 697 g/mol. The van der Waals surface area contributed by atoms with E-state index in [0.717, 1.165) is 32.7 Å². The van der Waals surface area contributed by atoms with Gasteiger partial charge < -0.3 is 18.9 Å². The Balaban J connectivity index is 1.22. The van der Waals surface area contributed by atoms with Gasteiger partial charge in [0.05, 0.1) is 13.2 Å². The molecule has 2 N–H and O–H groups in total. The van der Waals surface area contributed by atoms with Gasteiger partial charge in [-0.25, -0.2) is 9.59 Å². The van der Waals surface area contributed by atoms with Crippen molar-refractivity contribution in [3.8, 4) is 11.5 Å². The highest BCUT2D eigenvalue weighted by Crippen LogP contribution is 2.33. The first-order valence-electron chi connectivity index (χ1n) is 17.5. The summed E-state index contributed by atoms with van der Waals surface area (Å²) >= 11 is 0. The molecule has 0 fully saturated rings. The third-order valence-corrected chi connectivity index (χ3v) is 9.62. The number of ether oxygens (including phenoxy) is 4. The molecule has 6 rings (SSSR count). The van der Waals surface area contributed by atoms with Gasteiger partial charge in [0.2, 0.25) is 0 Å². The molecule has 6 aromatic carbocycles. The molecule has 0 aliphatic heterocycles. The molecular formula is C44H44N2O6. The van der Waals surface area contributed by atoms with E-state index in [-0.39, 0.29) is 26.1 Å². The number of nitrogens with one attached hydrogen (secondary N) is 2. The molecule has 0 amide bonds. The Hall–Kier alpha value is -5.70. The number of aryl methyl sites for hydroxylation is 2. The van der Waals surface area contributed by atoms with Crippen molar-refractivity contribution in [2.75, 3.05) is 27.3 Å². The average Bonchev–Trinajstić information content (AvgIpc) is 3.19. The third-order valence-electron chi connectivity index (χ3n) is 9.62. The highest BCUT2D eigenvalue weighted by Gasteiger charge is 2.42. The van der Waals surface area contributed by atoms with Crippen LogP contribution in [0.2, 0.25) is 0 Å². The first kappa shape index (κ1) is 36.1. The van der Waals surface area contributed by atoms with Gasteiger partial charge >= 0.3 is 11.9 Å². The number of fused-ring (bicyclic) bond motifs is 2. The van der Waals surface area contributed by atoms with Gasteiger partial charge in [-0.2, -0.15) is 0 Å². The lowest BCUT2D eigenvalue weighted by molar-refractivity contribution is -0.193. The molecule has 0 saturated carbocycles. The molecule has 0 spiro atoms. The fourth-order valence-electron chi connectivity index (χ4n) is 6.67. The van der Waals surface area contributed by atoms with Crippen molar-refractivity contribution in [1.82, 2.24) is 10.6 Å². The summed E-state index contributed by atoms with van der Waals surface area (Å²) in [4.78, 5) is 27.6. The van der Waals surface area contributed by atoms with Crippen LogP contribution in [0, 0.1) is 13.8 Å². The maximum atomic E-state index is 13.8. The van der Waals surface area contributed by atoms with E-state index in [4.69, 9.17) is 18.9 Å². The Bertz CT molecular complexity index is 2000. The van der Waals surface area contributed by atoms with Crippen molar-refractivity contribution in [3.63, 3.8) is 0 Å². The Morgan fingerprint density at radius 2 is 0.827 bits per heavy atom. The molecule has 266 valence electrons. The zero-order valence-corrected chi connectivity index (χ0v) is 30.0. The highest BCUT2D eigenvalue weighted by atomic mass is 16.6. The van der Waals surface area contributed by atoms with E-state index < -0.39 is 23.4 Å². The molecule has 0 heterocycles. The molecule has 2 unspecified atom stereocenters. The summed E-state index contributed by atoms with van der Waals surface area (Å²) in [5.41, 5.74) is 0.793. The summed E-state index contributed by atoms with van der Waals surface area (Å²) in [7, 11) is 3.36. The zero-order chi connectivity index (χ0) is 36.6. The van der Waals surface area contributed by atoms with Crippen LogP contribution >= 0.6 is 0 Å². The van der Waals surface area contributed by atoms with Crippen molar-refractivity contribution in [3.05, 3.63) is 156 Å². The Morgan fingerprint density at radius 3 is 1.19 bits per heavy atom. The number of carbonyl (C=O) groups excluding carboxylic acids is 2. The zero-order valence-electron chi connectivity index (χ0n) is 30.0. The van der Waals surface area contributed by atoms with Crippen LogP contribution in [0.15, 0.2) is 133 Å². The van der Waals surface area contributed by atoms with Crippen LogP contribution in [-0.2, 0) is 30.5 Å². The topological polar surface area (TPSA) is 95.1 Å². The third kappa shape index (κ3) is 7.64. The molecule has 6 aromatic rings. The van der Waals surface area contributed by atoms with Crippen molar-refractivity contribution < 1.29 is 28.5 Å². The molecule has 0 aliphatic carbocycles. The second-order valence-electron chi connectivity index (χ2n) is 12.7. The molecule has 0 aromatic heterocycles. The fraction of sp³-hybridized carbons (Fsp3) is 0.227. The van der Waals surface area contributed by atoms with E-state index in [2.05, 4.69) is 36.6 Å². The number of rotatable bonds is 14. The van der Waals surface area contributed by atoms with E-state index >= 15 is 0 Å². The van der Waals surface area contributed by atoms with Crippen LogP contribution < -0.4 is 20.1 Å². The van der Waals surface area contributed by atoms with Crippen molar-refractivity contribution in [1.29, 1.82) is 0 Å². The first-order valence-corrected chi connectivity index (χ1v) is 17.5. The fourth-order valence-corrected chi connectivity index (χ4v) is 6.67. The van der Waals surface area contributed by atoms with Crippen LogP contribution in [0.5, 0.6) is 11.5 Å². The maximum absolute atomic E-state index is 13.8. The Labute approximate surface area is 304 Å². The summed E-state index contributed by atoms with van der Waals surface area (Å²) in [5, 5.41) is 10.5. The maximum Gasteiger partial charge on any atom is 0.419 e. The highest BCUT2D eigenvalue weighted by molar-refractivity contribution is 6.29. The van der Waals surface area contributed by atoms with E-state index in [1.165, 1.54) is 0 Å². The van der Waals surface area contributed by atoms with Gasteiger partial charge in [0.25, 0.3) is 0 Å². The van der Waals surface area contributed by atoms with Gasteiger partial charge in [-0.1, -0.05) is 121 Å². The number of hydrogen-bond acceptors (Lipinski definition) is 8. The summed E-state index contributed by atoms with van der Waals surface area (Å²) < 4.78 is 24.7. The second kappa shape index (κ2) is 16.1. The minimum atomic E-state index is -1.40. The predicted molar refractivity (Wildman–Crippen MR) is 204 cm³/mol. The first-order chi connectivity index (χ1) is 25.3. The molecule has 0 aliphatic rings. The molecule has 8 nitrogen and oxygen atoms in total. The summed E-state index contributed by atoms with van der Waals surface area (Å²) in [6, 6.07) is 42.5. The van der Waals surface area contributed by atoms with Gasteiger partial charge in [-0.05, 0) is 62.0 Å². The minimum Gasteiger partial charge on any atom is -0.493 e. The lowest BCUT2D eigenvalue weighted by Gasteiger charge is -2.35. The van der Waals surface area contributed by atoms with E-state index in [9.17, 15) is 9.59 Å². The van der Waals surface area contributed by atoms with Crippen LogP contribution in [0.4, 0.5) is 0 Å². The normalized spacial score (nSPS) is 13.5. The van der Waals surface area contributed by atoms with Crippen LogP contribution in [0.25, 0.3) is 21.5 Å². The standard InChI is InChI=1S/C44H44N2O6/c1-31-23-25-39(37-21-13-11-19-35(31)37)49-29-27-43(45-3,33-15-7-5-8-16-33)51-41(47)42(48)52-44(46-4,34-17-9-6-10-18-34)28-30-50-40-26-24-32(2)36-20-12-14-22-38(36)40/h5-26,45-46H,27-30H2,1-4H3. The number of hydrogen-bond donors (Lipinski definition) is 2. The molecule has 0 radical (unpaired) electrons. The van der Waals surface area contributed by atoms with Crippen molar-refractivity contribution in [2.45, 2.75) is 38.1 Å². The van der Waals surface area contributed by atoms with Crippen molar-refractivity contribution >= 4 is 33.5 Å². The molecule has 0 saturated heterocycles. The van der Waals surface area contributed by atoms with E-state index in [1.807, 2.05) is 121 Å². The Kier molecular flexibility index (Phi) is 11.2. The van der Waals surface area contributed by atoms with Gasteiger partial charge in [0.1, 0.15) is 11.5 Å². The van der Waals surface area contributed by atoms with E-state index in [0.29, 0.717) is 22.6 Å². The molecular weight excluding hydrogens is 652 g/mol. The summed E-state index contributed by atoms with van der Waals surface area (Å²) in [6.45, 7) is 4.48. The molecule has 8 heteroatoms. The molecule has 52 heavy (non-hydrogen) atoms. The number of esters is 2. The van der Waals surface area contributed by atoms with Crippen LogP contribution in [-0.4, -0.2) is 39.2 Å². The number of benzene rings is 6. The van der Waals surface area contributed by atoms with Gasteiger partial charge in [-0.15, -0.1) is 0 Å². The van der Waals surface area contributed by atoms with E-state index in [1.54, 1.807) is 14.1 Å². The SMILES string of the molecule is CNC(CCOc1ccc(C)c2ccccc12)(OC(=O)C(=O)OC(CCOc1ccc(C)c2ccccc12)(NC)c1ccccc1)c1ccccc1. The number of carbonyl (C=O) groups is 2. The monoisotopic (exact) mass is 696 g/mol. The lowest BCUT2D eigenvalue weighted by Crippen LogP contribution is -2.50. The lowest BCUT2D eigenvalue weighted by atomic mass is 9.99.